The standard InChI is InChI=1S/C18H15Cl2FN2O/c19-14-8-3-11(10-15(14)20)17-22-9-1-2-16(22)18(24)23(17)13-6-4-12(21)5-7-13/h3-8,10,16-17H,1-2,9H2. The van der Waals surface area contributed by atoms with Crippen LogP contribution in [0.5, 0.6) is 0 Å². The number of rotatable bonds is 2. The summed E-state index contributed by atoms with van der Waals surface area (Å²) in [6, 6.07) is 11.3. The van der Waals surface area contributed by atoms with E-state index >= 15 is 0 Å². The molecule has 0 aromatic heterocycles. The van der Waals surface area contributed by atoms with E-state index in [0.29, 0.717) is 15.7 Å². The number of hydrogen-bond acceptors (Lipinski definition) is 2. The van der Waals surface area contributed by atoms with Crippen LogP contribution in [0.25, 0.3) is 0 Å². The highest BCUT2D eigenvalue weighted by Crippen LogP contribution is 2.43. The van der Waals surface area contributed by atoms with Crippen molar-refractivity contribution >= 4 is 34.8 Å². The van der Waals surface area contributed by atoms with E-state index in [1.807, 2.05) is 6.07 Å². The van der Waals surface area contributed by atoms with Gasteiger partial charge in [-0.25, -0.2) is 4.39 Å². The lowest BCUT2D eigenvalue weighted by Gasteiger charge is -2.30. The predicted molar refractivity (Wildman–Crippen MR) is 92.8 cm³/mol. The molecule has 124 valence electrons. The van der Waals surface area contributed by atoms with Crippen molar-refractivity contribution in [1.82, 2.24) is 4.90 Å². The summed E-state index contributed by atoms with van der Waals surface area (Å²) >= 11 is 12.2. The van der Waals surface area contributed by atoms with Gasteiger partial charge in [0.1, 0.15) is 12.0 Å². The van der Waals surface area contributed by atoms with Crippen LogP contribution in [0.4, 0.5) is 10.1 Å². The number of carbonyl (C=O) groups excluding carboxylic acids is 1. The van der Waals surface area contributed by atoms with Gasteiger partial charge in [0.25, 0.3) is 0 Å². The Kier molecular flexibility index (Phi) is 3.99. The van der Waals surface area contributed by atoms with Crippen molar-refractivity contribution < 1.29 is 9.18 Å². The summed E-state index contributed by atoms with van der Waals surface area (Å²) in [6.07, 6.45) is 1.59. The molecule has 2 aliphatic rings. The molecule has 24 heavy (non-hydrogen) atoms. The van der Waals surface area contributed by atoms with Crippen LogP contribution >= 0.6 is 23.2 Å². The summed E-state index contributed by atoms with van der Waals surface area (Å²) < 4.78 is 13.3. The van der Waals surface area contributed by atoms with Gasteiger partial charge in [-0.1, -0.05) is 29.3 Å². The predicted octanol–water partition coefficient (Wildman–Crippen LogP) is 4.64. The second-order valence-corrected chi connectivity index (χ2v) is 6.94. The Morgan fingerprint density at radius 2 is 1.79 bits per heavy atom. The highest BCUT2D eigenvalue weighted by atomic mass is 35.5. The van der Waals surface area contributed by atoms with E-state index in [-0.39, 0.29) is 23.9 Å². The Morgan fingerprint density at radius 1 is 1.04 bits per heavy atom. The first kappa shape index (κ1) is 15.9. The minimum absolute atomic E-state index is 0.0511. The van der Waals surface area contributed by atoms with Gasteiger partial charge in [0.15, 0.2) is 0 Å². The zero-order valence-corrected chi connectivity index (χ0v) is 14.3. The molecule has 0 aliphatic carbocycles. The summed E-state index contributed by atoms with van der Waals surface area (Å²) in [7, 11) is 0. The SMILES string of the molecule is O=C1C2CCCN2C(c2ccc(Cl)c(Cl)c2)N1c1ccc(F)cc1. The Balaban J connectivity index is 1.81. The molecule has 0 spiro atoms. The molecule has 2 aliphatic heterocycles. The van der Waals surface area contributed by atoms with Gasteiger partial charge in [-0.05, 0) is 54.8 Å². The van der Waals surface area contributed by atoms with Crippen LogP contribution < -0.4 is 4.90 Å². The van der Waals surface area contributed by atoms with Gasteiger partial charge in [0.05, 0.1) is 16.1 Å². The van der Waals surface area contributed by atoms with Crippen molar-refractivity contribution in [3.8, 4) is 0 Å². The lowest BCUT2D eigenvalue weighted by molar-refractivity contribution is -0.119. The molecule has 2 atom stereocenters. The minimum atomic E-state index is -0.322. The molecule has 0 saturated carbocycles. The summed E-state index contributed by atoms with van der Waals surface area (Å²) in [5.41, 5.74) is 1.60. The third kappa shape index (κ3) is 2.50. The number of fused-ring (bicyclic) bond motifs is 1. The Labute approximate surface area is 149 Å². The molecule has 2 fully saturated rings. The second kappa shape index (κ2) is 6.03. The van der Waals surface area contributed by atoms with E-state index in [2.05, 4.69) is 4.90 Å². The molecule has 2 saturated heterocycles. The van der Waals surface area contributed by atoms with Gasteiger partial charge in [-0.2, -0.15) is 0 Å². The first-order valence-electron chi connectivity index (χ1n) is 7.85. The summed E-state index contributed by atoms with van der Waals surface area (Å²) in [5.74, 6) is -0.271. The molecule has 2 unspecified atom stereocenters. The molecule has 2 aromatic carbocycles. The third-order valence-electron chi connectivity index (χ3n) is 4.72. The van der Waals surface area contributed by atoms with Gasteiger partial charge in [-0.15, -0.1) is 0 Å². The van der Waals surface area contributed by atoms with Crippen molar-refractivity contribution in [3.63, 3.8) is 0 Å². The van der Waals surface area contributed by atoms with E-state index in [0.717, 1.165) is 24.9 Å². The lowest BCUT2D eigenvalue weighted by Crippen LogP contribution is -2.32. The molecule has 0 N–H and O–H groups in total. The average molecular weight is 365 g/mol. The quantitative estimate of drug-likeness (QED) is 0.774. The third-order valence-corrected chi connectivity index (χ3v) is 5.46. The van der Waals surface area contributed by atoms with Gasteiger partial charge in [-0.3, -0.25) is 14.6 Å². The fourth-order valence-corrected chi connectivity index (χ4v) is 3.97. The maximum Gasteiger partial charge on any atom is 0.246 e. The summed E-state index contributed by atoms with van der Waals surface area (Å²) in [6.45, 7) is 0.846. The minimum Gasteiger partial charge on any atom is -0.291 e. The van der Waals surface area contributed by atoms with Gasteiger partial charge in [0.2, 0.25) is 5.91 Å². The van der Waals surface area contributed by atoms with Crippen molar-refractivity contribution in [2.45, 2.75) is 25.0 Å². The smallest absolute Gasteiger partial charge is 0.246 e. The largest absolute Gasteiger partial charge is 0.291 e. The number of carbonyl (C=O) groups is 1. The summed E-state index contributed by atoms with van der Waals surface area (Å²) in [5, 5.41) is 0.944. The van der Waals surface area contributed by atoms with Crippen LogP contribution in [0.3, 0.4) is 0 Å². The Bertz CT molecular complexity index is 796. The fourth-order valence-electron chi connectivity index (χ4n) is 3.66. The van der Waals surface area contributed by atoms with Crippen LogP contribution in [-0.2, 0) is 4.79 Å². The maximum absolute atomic E-state index is 13.3. The zero-order valence-electron chi connectivity index (χ0n) is 12.8. The van der Waals surface area contributed by atoms with Crippen molar-refractivity contribution in [3.05, 3.63) is 63.9 Å². The number of nitrogens with zero attached hydrogens (tertiary/aromatic N) is 2. The second-order valence-electron chi connectivity index (χ2n) is 6.13. The number of benzene rings is 2. The molecule has 6 heteroatoms. The highest BCUT2D eigenvalue weighted by Gasteiger charge is 2.49. The van der Waals surface area contributed by atoms with Gasteiger partial charge < -0.3 is 0 Å². The topological polar surface area (TPSA) is 23.6 Å². The van der Waals surface area contributed by atoms with E-state index in [4.69, 9.17) is 23.2 Å². The van der Waals surface area contributed by atoms with Crippen LogP contribution in [0.1, 0.15) is 24.6 Å². The normalized spacial score (nSPS) is 23.8. The maximum atomic E-state index is 13.3. The molecule has 0 radical (unpaired) electrons. The van der Waals surface area contributed by atoms with E-state index in [1.54, 1.807) is 29.2 Å². The summed E-state index contributed by atoms with van der Waals surface area (Å²) in [4.78, 5) is 16.9. The highest BCUT2D eigenvalue weighted by molar-refractivity contribution is 6.42. The molecule has 2 aromatic rings. The number of halogens is 3. The number of amides is 1. The van der Waals surface area contributed by atoms with Crippen LogP contribution in [-0.4, -0.2) is 23.4 Å². The van der Waals surface area contributed by atoms with Crippen LogP contribution in [0, 0.1) is 5.82 Å². The van der Waals surface area contributed by atoms with E-state index < -0.39 is 0 Å². The molecule has 0 bridgehead atoms. The Hall–Kier alpha value is -1.62. The number of anilines is 1. The van der Waals surface area contributed by atoms with Crippen molar-refractivity contribution in [2.24, 2.45) is 0 Å². The van der Waals surface area contributed by atoms with Gasteiger partial charge in [0, 0.05) is 12.2 Å². The monoisotopic (exact) mass is 364 g/mol. The van der Waals surface area contributed by atoms with Crippen molar-refractivity contribution in [1.29, 1.82) is 0 Å². The molecule has 1 amide bonds. The Morgan fingerprint density at radius 3 is 2.50 bits per heavy atom. The average Bonchev–Trinajstić information content (AvgIpc) is 3.14. The van der Waals surface area contributed by atoms with Crippen LogP contribution in [0.2, 0.25) is 10.0 Å². The first-order chi connectivity index (χ1) is 11.6. The zero-order chi connectivity index (χ0) is 16.8. The van der Waals surface area contributed by atoms with E-state index in [1.165, 1.54) is 12.1 Å². The van der Waals surface area contributed by atoms with Crippen LogP contribution in [0.15, 0.2) is 42.5 Å². The number of hydrogen-bond donors (Lipinski definition) is 0. The molecule has 4 rings (SSSR count). The molecule has 2 heterocycles. The van der Waals surface area contributed by atoms with Gasteiger partial charge >= 0.3 is 0 Å². The fraction of sp³-hybridized carbons (Fsp3) is 0.278. The van der Waals surface area contributed by atoms with Crippen molar-refractivity contribution in [2.75, 3.05) is 11.4 Å². The molecule has 3 nitrogen and oxygen atoms in total. The lowest BCUT2D eigenvalue weighted by atomic mass is 10.1. The first-order valence-corrected chi connectivity index (χ1v) is 8.61. The molecular weight excluding hydrogens is 350 g/mol. The van der Waals surface area contributed by atoms with E-state index in [9.17, 15) is 9.18 Å². The molecular formula is C18H15Cl2FN2O.